The van der Waals surface area contributed by atoms with Crippen molar-refractivity contribution in [2.75, 3.05) is 13.2 Å². The van der Waals surface area contributed by atoms with Gasteiger partial charge in [0.2, 0.25) is 0 Å². The number of fused-ring (bicyclic) bond motifs is 1. The van der Waals surface area contributed by atoms with Crippen LogP contribution in [0, 0.1) is 6.92 Å². The number of nitrogens with one attached hydrogen (secondary N) is 1. The Morgan fingerprint density at radius 1 is 1.40 bits per heavy atom. The van der Waals surface area contributed by atoms with E-state index in [2.05, 4.69) is 41.6 Å². The molecule has 1 aromatic heterocycles. The lowest BCUT2D eigenvalue weighted by atomic mass is 10.00. The molecule has 1 N–H and O–H groups in total. The fraction of sp³-hybridized carbons (Fsp3) is 0.438. The highest BCUT2D eigenvalue weighted by Crippen LogP contribution is 2.30. The molecule has 20 heavy (non-hydrogen) atoms. The van der Waals surface area contributed by atoms with Gasteiger partial charge in [-0.1, -0.05) is 19.1 Å². The molecule has 1 aromatic carbocycles. The third-order valence-corrected chi connectivity index (χ3v) is 3.79. The van der Waals surface area contributed by atoms with E-state index in [0.717, 1.165) is 31.0 Å². The first-order valence-corrected chi connectivity index (χ1v) is 7.18. The van der Waals surface area contributed by atoms with Crippen molar-refractivity contribution in [2.45, 2.75) is 26.3 Å². The molecule has 1 aliphatic heterocycles. The van der Waals surface area contributed by atoms with Crippen molar-refractivity contribution < 1.29 is 4.74 Å². The monoisotopic (exact) mass is 271 g/mol. The molecule has 1 atom stereocenters. The summed E-state index contributed by atoms with van der Waals surface area (Å²) < 4.78 is 7.55. The maximum Gasteiger partial charge on any atom is 0.122 e. The second-order valence-electron chi connectivity index (χ2n) is 5.29. The lowest BCUT2D eigenvalue weighted by Crippen LogP contribution is -2.24. The van der Waals surface area contributed by atoms with Crippen LogP contribution in [0.3, 0.4) is 0 Å². The Labute approximate surface area is 119 Å². The van der Waals surface area contributed by atoms with Crippen LogP contribution in [0.4, 0.5) is 0 Å². The molecule has 1 aliphatic rings. The molecule has 0 aliphatic carbocycles. The second kappa shape index (κ2) is 5.29. The van der Waals surface area contributed by atoms with E-state index in [0.29, 0.717) is 0 Å². The van der Waals surface area contributed by atoms with Crippen LogP contribution in [0.5, 0.6) is 5.75 Å². The Morgan fingerprint density at radius 2 is 2.25 bits per heavy atom. The van der Waals surface area contributed by atoms with Gasteiger partial charge in [-0.15, -0.1) is 0 Å². The predicted molar refractivity (Wildman–Crippen MR) is 79.1 cm³/mol. The summed E-state index contributed by atoms with van der Waals surface area (Å²) in [5.41, 5.74) is 4.83. The first-order valence-electron chi connectivity index (χ1n) is 7.18. The van der Waals surface area contributed by atoms with Crippen LogP contribution < -0.4 is 10.1 Å². The first kappa shape index (κ1) is 13.2. The van der Waals surface area contributed by atoms with E-state index in [1.807, 2.05) is 18.7 Å². The lowest BCUT2D eigenvalue weighted by molar-refractivity contribution is 0.357. The Morgan fingerprint density at radius 3 is 2.95 bits per heavy atom. The first-order chi connectivity index (χ1) is 9.69. The van der Waals surface area contributed by atoms with Gasteiger partial charge < -0.3 is 10.1 Å². The highest BCUT2D eigenvalue weighted by molar-refractivity contribution is 5.42. The number of rotatable bonds is 4. The normalized spacial score (nSPS) is 14.9. The number of hydrogen-bond donors (Lipinski definition) is 1. The van der Waals surface area contributed by atoms with Crippen LogP contribution in [-0.4, -0.2) is 22.9 Å². The zero-order valence-corrected chi connectivity index (χ0v) is 12.3. The summed E-state index contributed by atoms with van der Waals surface area (Å²) in [5, 5.41) is 8.02. The summed E-state index contributed by atoms with van der Waals surface area (Å²) in [6, 6.07) is 8.83. The molecule has 3 rings (SSSR count). The van der Waals surface area contributed by atoms with Crippen molar-refractivity contribution in [2.24, 2.45) is 7.05 Å². The van der Waals surface area contributed by atoms with Gasteiger partial charge in [-0.2, -0.15) is 5.10 Å². The number of nitrogens with zero attached hydrogens (tertiary/aromatic N) is 2. The largest absolute Gasteiger partial charge is 0.493 e. The highest BCUT2D eigenvalue weighted by atomic mass is 16.5. The van der Waals surface area contributed by atoms with E-state index < -0.39 is 0 Å². The molecule has 0 bridgehead atoms. The van der Waals surface area contributed by atoms with Gasteiger partial charge in [-0.25, -0.2) is 0 Å². The van der Waals surface area contributed by atoms with Crippen LogP contribution in [0.25, 0.3) is 0 Å². The minimum atomic E-state index is 0.178. The molecule has 1 unspecified atom stereocenters. The molecule has 4 nitrogen and oxygen atoms in total. The fourth-order valence-electron chi connectivity index (χ4n) is 2.88. The molecule has 0 saturated carbocycles. The minimum absolute atomic E-state index is 0.178. The van der Waals surface area contributed by atoms with Gasteiger partial charge in [0.15, 0.2) is 0 Å². The minimum Gasteiger partial charge on any atom is -0.493 e. The van der Waals surface area contributed by atoms with Crippen LogP contribution in [0.15, 0.2) is 24.3 Å². The van der Waals surface area contributed by atoms with Crippen molar-refractivity contribution >= 4 is 0 Å². The third kappa shape index (κ3) is 2.31. The molecular formula is C16H21N3O. The molecule has 0 fully saturated rings. The number of hydrogen-bond acceptors (Lipinski definition) is 3. The van der Waals surface area contributed by atoms with Crippen LogP contribution in [-0.2, 0) is 13.5 Å². The summed E-state index contributed by atoms with van der Waals surface area (Å²) in [6.45, 7) is 5.88. The van der Waals surface area contributed by atoms with E-state index in [9.17, 15) is 0 Å². The van der Waals surface area contributed by atoms with E-state index in [-0.39, 0.29) is 6.04 Å². The van der Waals surface area contributed by atoms with E-state index >= 15 is 0 Å². The molecule has 0 amide bonds. The van der Waals surface area contributed by atoms with Crippen molar-refractivity contribution in [1.29, 1.82) is 0 Å². The average molecular weight is 271 g/mol. The molecule has 0 radical (unpaired) electrons. The van der Waals surface area contributed by atoms with Gasteiger partial charge in [0.05, 0.1) is 24.0 Å². The maximum atomic E-state index is 5.59. The topological polar surface area (TPSA) is 39.1 Å². The van der Waals surface area contributed by atoms with Gasteiger partial charge in [-0.05, 0) is 36.7 Å². The van der Waals surface area contributed by atoms with Gasteiger partial charge in [-0.3, -0.25) is 4.68 Å². The predicted octanol–water partition coefficient (Wildman–Crippen LogP) is 2.36. The summed E-state index contributed by atoms with van der Waals surface area (Å²) >= 11 is 0. The van der Waals surface area contributed by atoms with E-state index in [1.54, 1.807) is 0 Å². The van der Waals surface area contributed by atoms with Gasteiger partial charge in [0.25, 0.3) is 0 Å². The SMILES string of the molecule is CCNC(c1ccc2c(c1)CCO2)c1cc(C)nn1C. The zero-order chi connectivity index (χ0) is 14.1. The summed E-state index contributed by atoms with van der Waals surface area (Å²) in [5.74, 6) is 1.03. The Balaban J connectivity index is 2.00. The maximum absolute atomic E-state index is 5.59. The molecular weight excluding hydrogens is 250 g/mol. The zero-order valence-electron chi connectivity index (χ0n) is 12.3. The number of benzene rings is 1. The fourth-order valence-corrected chi connectivity index (χ4v) is 2.88. The second-order valence-corrected chi connectivity index (χ2v) is 5.29. The Hall–Kier alpha value is -1.81. The third-order valence-electron chi connectivity index (χ3n) is 3.79. The molecule has 0 saturated heterocycles. The molecule has 2 heterocycles. The number of aryl methyl sites for hydroxylation is 2. The number of ether oxygens (including phenoxy) is 1. The van der Waals surface area contributed by atoms with Crippen molar-refractivity contribution in [3.63, 3.8) is 0 Å². The Kier molecular flexibility index (Phi) is 3.49. The molecule has 4 heteroatoms. The highest BCUT2D eigenvalue weighted by Gasteiger charge is 2.20. The molecule has 0 spiro atoms. The van der Waals surface area contributed by atoms with Gasteiger partial charge in [0.1, 0.15) is 5.75 Å². The van der Waals surface area contributed by atoms with Crippen molar-refractivity contribution in [3.05, 3.63) is 46.8 Å². The number of aromatic nitrogens is 2. The van der Waals surface area contributed by atoms with Crippen LogP contribution in [0.1, 0.15) is 35.5 Å². The smallest absolute Gasteiger partial charge is 0.122 e. The van der Waals surface area contributed by atoms with Crippen molar-refractivity contribution in [3.8, 4) is 5.75 Å². The van der Waals surface area contributed by atoms with Crippen molar-refractivity contribution in [1.82, 2.24) is 15.1 Å². The average Bonchev–Trinajstić information content (AvgIpc) is 3.01. The van der Waals surface area contributed by atoms with E-state index in [1.165, 1.54) is 16.8 Å². The van der Waals surface area contributed by atoms with Gasteiger partial charge in [0, 0.05) is 13.5 Å². The van der Waals surface area contributed by atoms with Gasteiger partial charge >= 0.3 is 0 Å². The van der Waals surface area contributed by atoms with E-state index in [4.69, 9.17) is 4.74 Å². The van der Waals surface area contributed by atoms with Crippen LogP contribution >= 0.6 is 0 Å². The summed E-state index contributed by atoms with van der Waals surface area (Å²) in [6.07, 6.45) is 1.01. The molecule has 2 aromatic rings. The summed E-state index contributed by atoms with van der Waals surface area (Å²) in [7, 11) is 2.00. The Bertz CT molecular complexity index is 618. The molecule has 106 valence electrons. The van der Waals surface area contributed by atoms with Crippen LogP contribution in [0.2, 0.25) is 0 Å². The lowest BCUT2D eigenvalue weighted by Gasteiger charge is -2.19. The standard InChI is InChI=1S/C16H21N3O/c1-4-17-16(14-9-11(2)18-19(14)3)13-5-6-15-12(10-13)7-8-20-15/h5-6,9-10,16-17H,4,7-8H2,1-3H3. The quantitative estimate of drug-likeness (QED) is 0.928. The summed E-state index contributed by atoms with van der Waals surface area (Å²) in [4.78, 5) is 0.